The van der Waals surface area contributed by atoms with Gasteiger partial charge in [-0.3, -0.25) is 10.1 Å². The molecule has 0 aliphatic heterocycles. The number of thiazole rings is 1. The maximum atomic E-state index is 12.9. The first-order valence-electron chi connectivity index (χ1n) is 10.0. The zero-order valence-electron chi connectivity index (χ0n) is 18.0. The Hall–Kier alpha value is -3.07. The number of nitrogens with zero attached hydrogens (tertiary/aromatic N) is 2. The Morgan fingerprint density at radius 1 is 1.03 bits per heavy atom. The van der Waals surface area contributed by atoms with Crippen LogP contribution in [-0.4, -0.2) is 30.7 Å². The van der Waals surface area contributed by atoms with Gasteiger partial charge in [-0.2, -0.15) is 4.31 Å². The molecule has 4 aromatic rings. The van der Waals surface area contributed by atoms with Gasteiger partial charge in [0.15, 0.2) is 5.13 Å². The lowest BCUT2D eigenvalue weighted by molar-refractivity contribution is 0.102. The highest BCUT2D eigenvalue weighted by molar-refractivity contribution is 7.89. The lowest BCUT2D eigenvalue weighted by Gasteiger charge is -2.17. The third-order valence-corrected chi connectivity index (χ3v) is 7.86. The standard InChI is InChI=1S/C24H23N3O3S2/c1-16-13-17(2)22-21(14-16)31-24(25-22)26-23(28)19-9-11-20(12-10-19)32(29,30)27(3)15-18-7-5-4-6-8-18/h4-14H,15H2,1-3H3,(H,25,26,28). The molecule has 1 heterocycles. The van der Waals surface area contributed by atoms with Crippen LogP contribution in [0.4, 0.5) is 5.13 Å². The first-order valence-corrected chi connectivity index (χ1v) is 12.3. The summed E-state index contributed by atoms with van der Waals surface area (Å²) in [7, 11) is -2.13. The summed E-state index contributed by atoms with van der Waals surface area (Å²) in [4.78, 5) is 17.3. The van der Waals surface area contributed by atoms with Crippen molar-refractivity contribution in [1.29, 1.82) is 0 Å². The number of amides is 1. The van der Waals surface area contributed by atoms with E-state index in [4.69, 9.17) is 0 Å². The smallest absolute Gasteiger partial charge is 0.257 e. The number of rotatable bonds is 6. The molecule has 0 aliphatic rings. The second-order valence-corrected chi connectivity index (χ2v) is 10.7. The number of aromatic nitrogens is 1. The van der Waals surface area contributed by atoms with Crippen molar-refractivity contribution in [2.75, 3.05) is 12.4 Å². The van der Waals surface area contributed by atoms with E-state index < -0.39 is 10.0 Å². The average Bonchev–Trinajstić information content (AvgIpc) is 3.17. The Balaban J connectivity index is 1.49. The fourth-order valence-corrected chi connectivity index (χ4v) is 5.67. The number of fused-ring (bicyclic) bond motifs is 1. The molecule has 0 fully saturated rings. The van der Waals surface area contributed by atoms with E-state index in [1.807, 2.05) is 50.2 Å². The topological polar surface area (TPSA) is 79.4 Å². The fraction of sp³-hybridized carbons (Fsp3) is 0.167. The summed E-state index contributed by atoms with van der Waals surface area (Å²) in [5, 5.41) is 3.33. The third-order valence-electron chi connectivity index (χ3n) is 5.12. The van der Waals surface area contributed by atoms with Crippen LogP contribution in [0.25, 0.3) is 10.2 Å². The molecule has 164 valence electrons. The summed E-state index contributed by atoms with van der Waals surface area (Å²) in [5.74, 6) is -0.333. The number of hydrogen-bond acceptors (Lipinski definition) is 5. The summed E-state index contributed by atoms with van der Waals surface area (Å²) in [6.07, 6.45) is 0. The highest BCUT2D eigenvalue weighted by atomic mass is 32.2. The number of hydrogen-bond donors (Lipinski definition) is 1. The predicted molar refractivity (Wildman–Crippen MR) is 129 cm³/mol. The fourth-order valence-electron chi connectivity index (χ4n) is 3.48. The van der Waals surface area contributed by atoms with Crippen molar-refractivity contribution in [1.82, 2.24) is 9.29 Å². The van der Waals surface area contributed by atoms with Gasteiger partial charge in [0, 0.05) is 19.2 Å². The zero-order valence-corrected chi connectivity index (χ0v) is 19.6. The van der Waals surface area contributed by atoms with Crippen molar-refractivity contribution in [3.8, 4) is 0 Å². The Bertz CT molecular complexity index is 1380. The van der Waals surface area contributed by atoms with Gasteiger partial charge in [-0.05, 0) is 60.9 Å². The largest absolute Gasteiger partial charge is 0.298 e. The molecular formula is C24H23N3O3S2. The lowest BCUT2D eigenvalue weighted by Crippen LogP contribution is -2.26. The minimum atomic E-state index is -3.67. The molecular weight excluding hydrogens is 442 g/mol. The number of carbonyl (C=O) groups is 1. The van der Waals surface area contributed by atoms with Crippen molar-refractivity contribution in [2.45, 2.75) is 25.3 Å². The van der Waals surface area contributed by atoms with Crippen LogP contribution in [0.5, 0.6) is 0 Å². The first kappa shape index (κ1) is 22.1. The molecule has 8 heteroatoms. The number of benzene rings is 3. The predicted octanol–water partition coefficient (Wildman–Crippen LogP) is 4.99. The molecule has 0 atom stereocenters. The average molecular weight is 466 g/mol. The lowest BCUT2D eigenvalue weighted by atomic mass is 10.1. The van der Waals surface area contributed by atoms with Gasteiger partial charge in [0.1, 0.15) is 0 Å². The summed E-state index contributed by atoms with van der Waals surface area (Å²) in [5.41, 5.74) is 4.34. The van der Waals surface area contributed by atoms with E-state index in [1.165, 1.54) is 39.9 Å². The summed E-state index contributed by atoms with van der Waals surface area (Å²) < 4.78 is 28.1. The van der Waals surface area contributed by atoms with Crippen LogP contribution in [0.15, 0.2) is 71.6 Å². The van der Waals surface area contributed by atoms with E-state index in [9.17, 15) is 13.2 Å². The number of anilines is 1. The van der Waals surface area contributed by atoms with Gasteiger partial charge in [0.05, 0.1) is 15.1 Å². The molecule has 0 unspecified atom stereocenters. The van der Waals surface area contributed by atoms with E-state index in [0.29, 0.717) is 10.7 Å². The van der Waals surface area contributed by atoms with Crippen LogP contribution in [0.2, 0.25) is 0 Å². The van der Waals surface area contributed by atoms with Crippen LogP contribution in [0, 0.1) is 13.8 Å². The number of sulfonamides is 1. The minimum Gasteiger partial charge on any atom is -0.298 e. The highest BCUT2D eigenvalue weighted by Crippen LogP contribution is 2.29. The van der Waals surface area contributed by atoms with Crippen molar-refractivity contribution >= 4 is 42.6 Å². The molecule has 0 radical (unpaired) electrons. The molecule has 4 rings (SSSR count). The third kappa shape index (κ3) is 4.57. The molecule has 0 saturated heterocycles. The van der Waals surface area contributed by atoms with Crippen LogP contribution < -0.4 is 5.32 Å². The van der Waals surface area contributed by atoms with E-state index in [0.717, 1.165) is 26.9 Å². The second-order valence-electron chi connectivity index (χ2n) is 7.67. The normalized spacial score (nSPS) is 11.8. The molecule has 1 aromatic heterocycles. The van der Waals surface area contributed by atoms with Gasteiger partial charge in [-0.25, -0.2) is 13.4 Å². The van der Waals surface area contributed by atoms with Gasteiger partial charge < -0.3 is 0 Å². The molecule has 0 bridgehead atoms. The van der Waals surface area contributed by atoms with Crippen molar-refractivity contribution < 1.29 is 13.2 Å². The monoisotopic (exact) mass is 465 g/mol. The Kier molecular flexibility index (Phi) is 6.10. The second kappa shape index (κ2) is 8.82. The van der Waals surface area contributed by atoms with Crippen molar-refractivity contribution in [3.05, 3.63) is 89.0 Å². The van der Waals surface area contributed by atoms with Gasteiger partial charge in [0.2, 0.25) is 10.0 Å². The van der Waals surface area contributed by atoms with Gasteiger partial charge >= 0.3 is 0 Å². The maximum Gasteiger partial charge on any atom is 0.257 e. The first-order chi connectivity index (χ1) is 15.2. The van der Waals surface area contributed by atoms with Gasteiger partial charge in [-0.1, -0.05) is 47.7 Å². The molecule has 32 heavy (non-hydrogen) atoms. The minimum absolute atomic E-state index is 0.138. The van der Waals surface area contributed by atoms with E-state index >= 15 is 0 Å². The van der Waals surface area contributed by atoms with Gasteiger partial charge in [0.25, 0.3) is 5.91 Å². The molecule has 1 amide bonds. The number of nitrogens with one attached hydrogen (secondary N) is 1. The van der Waals surface area contributed by atoms with Crippen LogP contribution in [0.3, 0.4) is 0 Å². The van der Waals surface area contributed by atoms with E-state index in [2.05, 4.69) is 16.4 Å². The van der Waals surface area contributed by atoms with Crippen LogP contribution >= 0.6 is 11.3 Å². The molecule has 6 nitrogen and oxygen atoms in total. The summed E-state index contributed by atoms with van der Waals surface area (Å²) in [6, 6.07) is 19.4. The number of aryl methyl sites for hydroxylation is 2. The van der Waals surface area contributed by atoms with Crippen molar-refractivity contribution in [2.24, 2.45) is 0 Å². The zero-order chi connectivity index (χ0) is 22.9. The summed E-state index contributed by atoms with van der Waals surface area (Å²) >= 11 is 1.42. The molecule has 0 spiro atoms. The van der Waals surface area contributed by atoms with Crippen molar-refractivity contribution in [3.63, 3.8) is 0 Å². The van der Waals surface area contributed by atoms with E-state index in [1.54, 1.807) is 7.05 Å². The van der Waals surface area contributed by atoms with Crippen LogP contribution in [-0.2, 0) is 16.6 Å². The number of carbonyl (C=O) groups excluding carboxylic acids is 1. The highest BCUT2D eigenvalue weighted by Gasteiger charge is 2.21. The molecule has 0 saturated carbocycles. The maximum absolute atomic E-state index is 12.9. The molecule has 0 aliphatic carbocycles. The van der Waals surface area contributed by atoms with Crippen LogP contribution in [0.1, 0.15) is 27.0 Å². The molecule has 3 aromatic carbocycles. The van der Waals surface area contributed by atoms with Gasteiger partial charge in [-0.15, -0.1) is 0 Å². The molecule has 1 N–H and O–H groups in total. The summed E-state index contributed by atoms with van der Waals surface area (Å²) in [6.45, 7) is 4.29. The Labute approximate surface area is 191 Å². The Morgan fingerprint density at radius 2 is 1.72 bits per heavy atom. The quantitative estimate of drug-likeness (QED) is 0.435. The SMILES string of the molecule is Cc1cc(C)c2nc(NC(=O)c3ccc(S(=O)(=O)N(C)Cc4ccccc4)cc3)sc2c1. The van der Waals surface area contributed by atoms with E-state index in [-0.39, 0.29) is 17.3 Å². The Morgan fingerprint density at radius 3 is 2.41 bits per heavy atom.